The van der Waals surface area contributed by atoms with Crippen LogP contribution in [0.3, 0.4) is 0 Å². The molecule has 76 valence electrons. The van der Waals surface area contributed by atoms with Gasteiger partial charge in [0.05, 0.1) is 0 Å². The van der Waals surface area contributed by atoms with Crippen LogP contribution in [0.25, 0.3) is 0 Å². The Kier molecular flexibility index (Phi) is 4.41. The van der Waals surface area contributed by atoms with E-state index in [-0.39, 0.29) is 0 Å². The lowest BCUT2D eigenvalue weighted by atomic mass is 10.1. The Morgan fingerprint density at radius 2 is 1.93 bits per heavy atom. The van der Waals surface area contributed by atoms with Crippen LogP contribution in [-0.4, -0.2) is 6.54 Å². The van der Waals surface area contributed by atoms with Crippen molar-refractivity contribution in [1.29, 1.82) is 0 Å². The fraction of sp³-hybridized carbons (Fsp3) is 0.385. The first-order chi connectivity index (χ1) is 6.68. The van der Waals surface area contributed by atoms with E-state index in [9.17, 15) is 0 Å². The minimum absolute atomic E-state index is 0.952. The molecule has 0 aliphatic heterocycles. The number of nitrogens with one attached hydrogen (secondary N) is 1. The Morgan fingerprint density at radius 3 is 2.50 bits per heavy atom. The van der Waals surface area contributed by atoms with Crippen molar-refractivity contribution in [3.05, 3.63) is 47.5 Å². The zero-order chi connectivity index (χ0) is 10.4. The number of hydrogen-bond acceptors (Lipinski definition) is 1. The Balaban J connectivity index is 2.25. The third kappa shape index (κ3) is 4.24. The summed E-state index contributed by atoms with van der Waals surface area (Å²) < 4.78 is 0. The highest BCUT2D eigenvalue weighted by molar-refractivity contribution is 5.21. The van der Waals surface area contributed by atoms with E-state index in [2.05, 4.69) is 50.0 Å². The maximum Gasteiger partial charge on any atom is 0.0205 e. The molecule has 0 saturated carbocycles. The van der Waals surface area contributed by atoms with Crippen LogP contribution in [0.1, 0.15) is 24.5 Å². The summed E-state index contributed by atoms with van der Waals surface area (Å²) in [4.78, 5) is 0. The predicted octanol–water partition coefficient (Wildman–Crippen LogP) is 3.05. The van der Waals surface area contributed by atoms with Crippen LogP contribution in [0.2, 0.25) is 0 Å². The molecule has 0 fully saturated rings. The van der Waals surface area contributed by atoms with Gasteiger partial charge in [-0.1, -0.05) is 35.4 Å². The molecule has 0 atom stereocenters. The zero-order valence-electron chi connectivity index (χ0n) is 9.14. The molecule has 0 aliphatic carbocycles. The summed E-state index contributed by atoms with van der Waals surface area (Å²) in [5.74, 6) is 0. The molecule has 0 aromatic heterocycles. The van der Waals surface area contributed by atoms with Crippen LogP contribution in [0.4, 0.5) is 0 Å². The highest BCUT2D eigenvalue weighted by Gasteiger charge is 1.92. The second kappa shape index (κ2) is 5.61. The van der Waals surface area contributed by atoms with E-state index >= 15 is 0 Å². The summed E-state index contributed by atoms with van der Waals surface area (Å²) in [5, 5.41) is 3.39. The largest absolute Gasteiger partial charge is 0.312 e. The van der Waals surface area contributed by atoms with E-state index in [0.717, 1.165) is 19.5 Å². The van der Waals surface area contributed by atoms with Gasteiger partial charge in [0, 0.05) is 6.54 Å². The molecule has 1 aromatic rings. The van der Waals surface area contributed by atoms with Gasteiger partial charge in [-0.3, -0.25) is 0 Å². The van der Waals surface area contributed by atoms with Gasteiger partial charge in [0.25, 0.3) is 0 Å². The van der Waals surface area contributed by atoms with E-state index in [1.54, 1.807) is 0 Å². The minimum atomic E-state index is 0.952. The summed E-state index contributed by atoms with van der Waals surface area (Å²) in [6.07, 6.45) is 1.06. The Hall–Kier alpha value is -1.08. The summed E-state index contributed by atoms with van der Waals surface area (Å²) in [6.45, 7) is 10.0. The second-order valence-electron chi connectivity index (χ2n) is 3.87. The number of benzene rings is 1. The highest BCUT2D eigenvalue weighted by atomic mass is 14.8. The maximum atomic E-state index is 3.87. The standard InChI is InChI=1S/C13H19N/c1-11(2)8-9-14-10-13-6-4-12(3)5-7-13/h4-7,14H,1,8-10H2,2-3H3. The quantitative estimate of drug-likeness (QED) is 0.554. The molecule has 1 nitrogen and oxygen atoms in total. The smallest absolute Gasteiger partial charge is 0.0205 e. The fourth-order valence-corrected chi connectivity index (χ4v) is 1.24. The predicted molar refractivity (Wildman–Crippen MR) is 62.3 cm³/mol. The molecule has 1 aromatic carbocycles. The van der Waals surface area contributed by atoms with Gasteiger partial charge in [-0.05, 0) is 32.4 Å². The van der Waals surface area contributed by atoms with Gasteiger partial charge in [-0.25, -0.2) is 0 Å². The Labute approximate surface area is 86.8 Å². The molecule has 0 aliphatic rings. The van der Waals surface area contributed by atoms with E-state index in [1.165, 1.54) is 16.7 Å². The second-order valence-corrected chi connectivity index (χ2v) is 3.87. The lowest BCUT2D eigenvalue weighted by Gasteiger charge is -2.04. The molecule has 1 heteroatoms. The van der Waals surface area contributed by atoms with Crippen molar-refractivity contribution in [3.63, 3.8) is 0 Å². The van der Waals surface area contributed by atoms with Gasteiger partial charge in [0.2, 0.25) is 0 Å². The SMILES string of the molecule is C=C(C)CCNCc1ccc(C)cc1. The van der Waals surface area contributed by atoms with Crippen molar-refractivity contribution >= 4 is 0 Å². The van der Waals surface area contributed by atoms with E-state index in [0.29, 0.717) is 0 Å². The van der Waals surface area contributed by atoms with Crippen LogP contribution in [0.15, 0.2) is 36.4 Å². The third-order valence-electron chi connectivity index (χ3n) is 2.18. The third-order valence-corrected chi connectivity index (χ3v) is 2.18. The normalized spacial score (nSPS) is 10.1. The molecule has 14 heavy (non-hydrogen) atoms. The van der Waals surface area contributed by atoms with Gasteiger partial charge in [-0.15, -0.1) is 6.58 Å². The summed E-state index contributed by atoms with van der Waals surface area (Å²) in [6, 6.07) is 8.64. The molecule has 0 bridgehead atoms. The Morgan fingerprint density at radius 1 is 1.29 bits per heavy atom. The van der Waals surface area contributed by atoms with Crippen LogP contribution in [-0.2, 0) is 6.54 Å². The molecular weight excluding hydrogens is 170 g/mol. The van der Waals surface area contributed by atoms with Crippen molar-refractivity contribution in [2.75, 3.05) is 6.54 Å². The van der Waals surface area contributed by atoms with Crippen molar-refractivity contribution in [2.24, 2.45) is 0 Å². The van der Waals surface area contributed by atoms with E-state index < -0.39 is 0 Å². The fourth-order valence-electron chi connectivity index (χ4n) is 1.24. The van der Waals surface area contributed by atoms with Crippen LogP contribution >= 0.6 is 0 Å². The first kappa shape index (κ1) is 11.0. The summed E-state index contributed by atoms with van der Waals surface area (Å²) in [7, 11) is 0. The molecule has 0 amide bonds. The van der Waals surface area contributed by atoms with Crippen LogP contribution in [0, 0.1) is 6.92 Å². The first-order valence-corrected chi connectivity index (χ1v) is 5.09. The van der Waals surface area contributed by atoms with E-state index in [4.69, 9.17) is 0 Å². The molecule has 0 radical (unpaired) electrons. The zero-order valence-corrected chi connectivity index (χ0v) is 9.14. The molecule has 0 spiro atoms. The lowest BCUT2D eigenvalue weighted by Crippen LogP contribution is -2.14. The average molecular weight is 189 g/mol. The average Bonchev–Trinajstić information content (AvgIpc) is 2.15. The molecule has 0 unspecified atom stereocenters. The first-order valence-electron chi connectivity index (χ1n) is 5.09. The van der Waals surface area contributed by atoms with Crippen molar-refractivity contribution in [3.8, 4) is 0 Å². The van der Waals surface area contributed by atoms with Gasteiger partial charge >= 0.3 is 0 Å². The topological polar surface area (TPSA) is 12.0 Å². The molecule has 1 rings (SSSR count). The molecular formula is C13H19N. The van der Waals surface area contributed by atoms with Gasteiger partial charge in [-0.2, -0.15) is 0 Å². The highest BCUT2D eigenvalue weighted by Crippen LogP contribution is 2.02. The summed E-state index contributed by atoms with van der Waals surface area (Å²) >= 11 is 0. The Bertz CT molecular complexity index is 285. The summed E-state index contributed by atoms with van der Waals surface area (Å²) in [5.41, 5.74) is 3.90. The number of aryl methyl sites for hydroxylation is 1. The lowest BCUT2D eigenvalue weighted by molar-refractivity contribution is 0.685. The number of rotatable bonds is 5. The van der Waals surface area contributed by atoms with Crippen LogP contribution in [0.5, 0.6) is 0 Å². The van der Waals surface area contributed by atoms with Crippen molar-refractivity contribution < 1.29 is 0 Å². The van der Waals surface area contributed by atoms with E-state index in [1.807, 2.05) is 0 Å². The van der Waals surface area contributed by atoms with Gasteiger partial charge in [0.15, 0.2) is 0 Å². The van der Waals surface area contributed by atoms with Crippen molar-refractivity contribution in [2.45, 2.75) is 26.8 Å². The maximum absolute atomic E-state index is 3.87. The minimum Gasteiger partial charge on any atom is -0.312 e. The number of hydrogen-bond donors (Lipinski definition) is 1. The van der Waals surface area contributed by atoms with Crippen molar-refractivity contribution in [1.82, 2.24) is 5.32 Å². The monoisotopic (exact) mass is 189 g/mol. The van der Waals surface area contributed by atoms with Gasteiger partial charge < -0.3 is 5.32 Å². The molecule has 0 saturated heterocycles. The van der Waals surface area contributed by atoms with Crippen LogP contribution < -0.4 is 5.32 Å². The molecule has 0 heterocycles. The van der Waals surface area contributed by atoms with Gasteiger partial charge in [0.1, 0.15) is 0 Å². The molecule has 1 N–H and O–H groups in total.